The lowest BCUT2D eigenvalue weighted by Crippen LogP contribution is -2.49. The normalized spacial score (nSPS) is 15.6. The summed E-state index contributed by atoms with van der Waals surface area (Å²) in [6.45, 7) is 13.2. The van der Waals surface area contributed by atoms with Crippen LogP contribution in [0.4, 0.5) is 0 Å². The molecule has 2 heterocycles. The van der Waals surface area contributed by atoms with Gasteiger partial charge in [-0.25, -0.2) is 8.42 Å². The van der Waals surface area contributed by atoms with E-state index in [0.29, 0.717) is 31.7 Å². The number of benzene rings is 1. The number of rotatable bonds is 8. The van der Waals surface area contributed by atoms with Crippen molar-refractivity contribution in [3.63, 3.8) is 0 Å². The molecule has 0 aliphatic carbocycles. The predicted octanol–water partition coefficient (Wildman–Crippen LogP) is 1.99. The lowest BCUT2D eigenvalue weighted by molar-refractivity contribution is 0.0631. The molecule has 0 radical (unpaired) electrons. The number of carbonyl (C=O) groups is 1. The van der Waals surface area contributed by atoms with Crippen LogP contribution in [-0.2, 0) is 16.6 Å². The molecule has 0 atom stereocenters. The van der Waals surface area contributed by atoms with Gasteiger partial charge in [-0.05, 0) is 44.2 Å². The van der Waals surface area contributed by atoms with Crippen LogP contribution in [0.3, 0.4) is 0 Å². The van der Waals surface area contributed by atoms with E-state index in [1.54, 1.807) is 12.1 Å². The molecular weight excluding hydrogens is 414 g/mol. The van der Waals surface area contributed by atoms with Crippen molar-refractivity contribution in [2.75, 3.05) is 45.8 Å². The zero-order valence-corrected chi connectivity index (χ0v) is 19.7. The Hall–Kier alpha value is -2.23. The van der Waals surface area contributed by atoms with Crippen molar-refractivity contribution in [1.82, 2.24) is 23.9 Å². The fourth-order valence-corrected chi connectivity index (χ4v) is 5.43. The molecule has 31 heavy (non-hydrogen) atoms. The van der Waals surface area contributed by atoms with Gasteiger partial charge >= 0.3 is 0 Å². The Bertz CT molecular complexity index is 989. The Morgan fingerprint density at radius 1 is 1.00 bits per heavy atom. The number of amides is 1. The van der Waals surface area contributed by atoms with E-state index in [2.05, 4.69) is 23.0 Å². The highest BCUT2D eigenvalue weighted by Crippen LogP contribution is 2.17. The summed E-state index contributed by atoms with van der Waals surface area (Å²) in [4.78, 5) is 17.3. The summed E-state index contributed by atoms with van der Waals surface area (Å²) in [5.74, 6) is -0.0509. The van der Waals surface area contributed by atoms with Crippen LogP contribution >= 0.6 is 0 Å². The molecule has 0 N–H and O–H groups in total. The van der Waals surface area contributed by atoms with Crippen LogP contribution in [0.15, 0.2) is 35.2 Å². The highest BCUT2D eigenvalue weighted by atomic mass is 32.2. The first-order valence-corrected chi connectivity index (χ1v) is 12.3. The van der Waals surface area contributed by atoms with E-state index in [1.807, 2.05) is 30.4 Å². The van der Waals surface area contributed by atoms with Crippen LogP contribution in [-0.4, -0.2) is 84.0 Å². The van der Waals surface area contributed by atoms with E-state index in [4.69, 9.17) is 0 Å². The summed E-state index contributed by atoms with van der Waals surface area (Å²) in [7, 11) is -3.51. The van der Waals surface area contributed by atoms with Crippen LogP contribution in [0, 0.1) is 13.8 Å². The molecule has 1 aliphatic rings. The largest absolute Gasteiger partial charge is 0.336 e. The third-order valence-corrected chi connectivity index (χ3v) is 7.90. The molecule has 3 rings (SSSR count). The van der Waals surface area contributed by atoms with Crippen molar-refractivity contribution in [3.8, 4) is 0 Å². The van der Waals surface area contributed by atoms with Crippen molar-refractivity contribution < 1.29 is 13.2 Å². The average Bonchev–Trinajstić information content (AvgIpc) is 3.09. The van der Waals surface area contributed by atoms with Crippen molar-refractivity contribution in [2.24, 2.45) is 0 Å². The number of sulfonamides is 1. The summed E-state index contributed by atoms with van der Waals surface area (Å²) >= 11 is 0. The summed E-state index contributed by atoms with van der Waals surface area (Å²) < 4.78 is 28.7. The molecule has 0 spiro atoms. The lowest BCUT2D eigenvalue weighted by atomic mass is 10.2. The molecule has 170 valence electrons. The van der Waals surface area contributed by atoms with Crippen LogP contribution < -0.4 is 0 Å². The van der Waals surface area contributed by atoms with Gasteiger partial charge in [0.05, 0.1) is 17.1 Å². The van der Waals surface area contributed by atoms with Crippen LogP contribution in [0.25, 0.3) is 0 Å². The molecule has 1 fully saturated rings. The molecule has 1 aliphatic heterocycles. The van der Waals surface area contributed by atoms with Gasteiger partial charge in [-0.3, -0.25) is 14.4 Å². The number of aryl methyl sites for hydroxylation is 2. The van der Waals surface area contributed by atoms with Gasteiger partial charge in [0, 0.05) is 57.1 Å². The number of aromatic nitrogens is 2. The van der Waals surface area contributed by atoms with E-state index < -0.39 is 10.0 Å². The SMILES string of the molecule is CCN(CC)S(=O)(=O)c1ccc(C(=O)N2CCN(CCn3nc(C)cc3C)CC2)cc1. The number of piperazine rings is 1. The predicted molar refractivity (Wildman–Crippen MR) is 121 cm³/mol. The minimum absolute atomic E-state index is 0.0509. The minimum atomic E-state index is -3.51. The molecule has 0 unspecified atom stereocenters. The molecule has 1 saturated heterocycles. The number of nitrogens with zero attached hydrogens (tertiary/aromatic N) is 5. The summed E-state index contributed by atoms with van der Waals surface area (Å²) in [5.41, 5.74) is 2.72. The first kappa shape index (κ1) is 23.4. The first-order valence-electron chi connectivity index (χ1n) is 10.9. The molecule has 9 heteroatoms. The van der Waals surface area contributed by atoms with E-state index in [0.717, 1.165) is 37.6 Å². The van der Waals surface area contributed by atoms with E-state index >= 15 is 0 Å². The van der Waals surface area contributed by atoms with Crippen molar-refractivity contribution >= 4 is 15.9 Å². The molecule has 8 nitrogen and oxygen atoms in total. The Kier molecular flexibility index (Phi) is 7.51. The fraction of sp³-hybridized carbons (Fsp3) is 0.545. The van der Waals surface area contributed by atoms with Gasteiger partial charge in [-0.15, -0.1) is 0 Å². The standard InChI is InChI=1S/C22H33N5O3S/c1-5-26(6-2)31(29,30)21-9-7-20(8-10-21)22(28)25-14-11-24(12-15-25)13-16-27-19(4)17-18(3)23-27/h7-10,17H,5-6,11-16H2,1-4H3. The second-order valence-corrected chi connectivity index (χ2v) is 9.84. The molecule has 1 amide bonds. The van der Waals surface area contributed by atoms with Crippen LogP contribution in [0.2, 0.25) is 0 Å². The van der Waals surface area contributed by atoms with Gasteiger partial charge in [0.25, 0.3) is 5.91 Å². The Morgan fingerprint density at radius 3 is 2.13 bits per heavy atom. The van der Waals surface area contributed by atoms with Crippen molar-refractivity contribution in [1.29, 1.82) is 0 Å². The lowest BCUT2D eigenvalue weighted by Gasteiger charge is -2.34. The quantitative estimate of drug-likeness (QED) is 0.618. The number of carbonyl (C=O) groups excluding carboxylic acids is 1. The summed E-state index contributed by atoms with van der Waals surface area (Å²) in [5, 5.41) is 4.50. The number of hydrogen-bond acceptors (Lipinski definition) is 5. The maximum absolute atomic E-state index is 12.9. The second-order valence-electron chi connectivity index (χ2n) is 7.90. The second kappa shape index (κ2) is 9.93. The molecule has 1 aromatic heterocycles. The molecule has 0 bridgehead atoms. The minimum Gasteiger partial charge on any atom is -0.336 e. The maximum atomic E-state index is 12.9. The fourth-order valence-electron chi connectivity index (χ4n) is 3.98. The molecule has 1 aromatic carbocycles. The average molecular weight is 448 g/mol. The van der Waals surface area contributed by atoms with Gasteiger partial charge in [0.2, 0.25) is 10.0 Å². The Labute approximate surface area is 185 Å². The Balaban J connectivity index is 1.55. The summed E-state index contributed by atoms with van der Waals surface area (Å²) in [6, 6.07) is 8.38. The highest BCUT2D eigenvalue weighted by molar-refractivity contribution is 7.89. The van der Waals surface area contributed by atoms with Gasteiger partial charge in [-0.2, -0.15) is 9.40 Å². The molecular formula is C22H33N5O3S. The maximum Gasteiger partial charge on any atom is 0.253 e. The molecule has 0 saturated carbocycles. The topological polar surface area (TPSA) is 78.8 Å². The summed E-state index contributed by atoms with van der Waals surface area (Å²) in [6.07, 6.45) is 0. The zero-order valence-electron chi connectivity index (χ0n) is 18.9. The highest BCUT2D eigenvalue weighted by Gasteiger charge is 2.24. The Morgan fingerprint density at radius 2 is 1.61 bits per heavy atom. The third kappa shape index (κ3) is 5.34. The number of hydrogen-bond donors (Lipinski definition) is 0. The smallest absolute Gasteiger partial charge is 0.253 e. The van der Waals surface area contributed by atoms with Crippen molar-refractivity contribution in [2.45, 2.75) is 39.1 Å². The van der Waals surface area contributed by atoms with E-state index in [9.17, 15) is 13.2 Å². The first-order chi connectivity index (χ1) is 14.8. The van der Waals surface area contributed by atoms with E-state index in [1.165, 1.54) is 16.4 Å². The van der Waals surface area contributed by atoms with Crippen LogP contribution in [0.5, 0.6) is 0 Å². The van der Waals surface area contributed by atoms with E-state index in [-0.39, 0.29) is 10.8 Å². The van der Waals surface area contributed by atoms with Gasteiger partial charge in [-0.1, -0.05) is 13.8 Å². The monoisotopic (exact) mass is 447 g/mol. The zero-order chi connectivity index (χ0) is 22.6. The third-order valence-electron chi connectivity index (χ3n) is 5.84. The molecule has 2 aromatic rings. The van der Waals surface area contributed by atoms with Gasteiger partial charge in [0.1, 0.15) is 0 Å². The van der Waals surface area contributed by atoms with Crippen LogP contribution in [0.1, 0.15) is 35.6 Å². The van der Waals surface area contributed by atoms with Gasteiger partial charge in [0.15, 0.2) is 0 Å². The van der Waals surface area contributed by atoms with Crippen molar-refractivity contribution in [3.05, 3.63) is 47.3 Å². The van der Waals surface area contributed by atoms with Gasteiger partial charge < -0.3 is 4.90 Å².